The Labute approximate surface area is 76.9 Å². The normalized spacial score (nSPS) is 28.7. The third kappa shape index (κ3) is 2.20. The summed E-state index contributed by atoms with van der Waals surface area (Å²) < 4.78 is 15.8. The molecule has 1 fully saturated rings. The van der Waals surface area contributed by atoms with Crippen LogP contribution in [0.25, 0.3) is 6.08 Å². The molecule has 0 N–H and O–H groups in total. The van der Waals surface area contributed by atoms with Crippen molar-refractivity contribution in [2.24, 2.45) is 0 Å². The summed E-state index contributed by atoms with van der Waals surface area (Å²) in [5, 5.41) is 0. The maximum Gasteiger partial charge on any atom is 0.177 e. The molecule has 70 valence electrons. The van der Waals surface area contributed by atoms with E-state index in [0.717, 1.165) is 5.76 Å². The lowest BCUT2D eigenvalue weighted by Crippen LogP contribution is -2.05. The lowest BCUT2D eigenvalue weighted by Gasteiger charge is -2.01. The van der Waals surface area contributed by atoms with Gasteiger partial charge in [-0.15, -0.1) is 0 Å². The zero-order chi connectivity index (χ0) is 9.10. The van der Waals surface area contributed by atoms with Gasteiger partial charge in [0.25, 0.3) is 0 Å². The summed E-state index contributed by atoms with van der Waals surface area (Å²) in [5.74, 6) is 0.812. The largest absolute Gasteiger partial charge is 0.465 e. The predicted molar refractivity (Wildman–Crippen MR) is 48.0 cm³/mol. The van der Waals surface area contributed by atoms with Gasteiger partial charge < -0.3 is 13.9 Å². The van der Waals surface area contributed by atoms with Crippen molar-refractivity contribution in [3.8, 4) is 0 Å². The topological polar surface area (TPSA) is 31.6 Å². The molecule has 0 radical (unpaired) electrons. The van der Waals surface area contributed by atoms with Gasteiger partial charge in [0.1, 0.15) is 5.76 Å². The van der Waals surface area contributed by atoms with Gasteiger partial charge in [0.05, 0.1) is 19.0 Å². The molecular weight excluding hydrogens is 168 g/mol. The molecule has 1 aromatic heterocycles. The fourth-order valence-corrected chi connectivity index (χ4v) is 1.20. The smallest absolute Gasteiger partial charge is 0.177 e. The minimum atomic E-state index is -0.222. The SMILES string of the molecule is CC1COC(/C=C/c2ccco2)O1. The van der Waals surface area contributed by atoms with Gasteiger partial charge in [-0.1, -0.05) is 0 Å². The lowest BCUT2D eigenvalue weighted by molar-refractivity contribution is -0.0155. The Morgan fingerprint density at radius 2 is 2.46 bits per heavy atom. The lowest BCUT2D eigenvalue weighted by atomic mass is 10.4. The van der Waals surface area contributed by atoms with Crippen molar-refractivity contribution in [1.29, 1.82) is 0 Å². The van der Waals surface area contributed by atoms with Crippen LogP contribution in [0.4, 0.5) is 0 Å². The van der Waals surface area contributed by atoms with Gasteiger partial charge in [0.15, 0.2) is 6.29 Å². The van der Waals surface area contributed by atoms with Crippen molar-refractivity contribution in [1.82, 2.24) is 0 Å². The molecule has 0 saturated carbocycles. The van der Waals surface area contributed by atoms with E-state index in [-0.39, 0.29) is 12.4 Å². The second kappa shape index (κ2) is 3.77. The van der Waals surface area contributed by atoms with E-state index in [0.29, 0.717) is 6.61 Å². The van der Waals surface area contributed by atoms with Gasteiger partial charge in [0, 0.05) is 0 Å². The zero-order valence-corrected chi connectivity index (χ0v) is 7.47. The third-order valence-corrected chi connectivity index (χ3v) is 1.82. The van der Waals surface area contributed by atoms with E-state index in [1.54, 1.807) is 6.26 Å². The van der Waals surface area contributed by atoms with Crippen LogP contribution in [0.15, 0.2) is 28.9 Å². The molecule has 0 spiro atoms. The summed E-state index contributed by atoms with van der Waals surface area (Å²) in [6.45, 7) is 2.65. The Hall–Kier alpha value is -1.06. The van der Waals surface area contributed by atoms with Crippen LogP contribution in [0.5, 0.6) is 0 Å². The Kier molecular flexibility index (Phi) is 2.47. The second-order valence-corrected chi connectivity index (χ2v) is 3.02. The quantitative estimate of drug-likeness (QED) is 0.698. The average Bonchev–Trinajstić information content (AvgIpc) is 2.71. The van der Waals surface area contributed by atoms with Gasteiger partial charge in [-0.25, -0.2) is 0 Å². The first-order chi connectivity index (χ1) is 6.34. The molecule has 1 aromatic rings. The first-order valence-corrected chi connectivity index (χ1v) is 4.33. The van der Waals surface area contributed by atoms with Crippen LogP contribution in [0.3, 0.4) is 0 Å². The minimum Gasteiger partial charge on any atom is -0.465 e. The van der Waals surface area contributed by atoms with E-state index in [4.69, 9.17) is 13.9 Å². The first kappa shape index (κ1) is 8.53. The molecule has 0 aliphatic carbocycles. The summed E-state index contributed by atoms with van der Waals surface area (Å²) in [6.07, 6.45) is 5.30. The molecule has 1 aliphatic rings. The van der Waals surface area contributed by atoms with Crippen molar-refractivity contribution in [2.75, 3.05) is 6.61 Å². The molecule has 3 nitrogen and oxygen atoms in total. The fraction of sp³-hybridized carbons (Fsp3) is 0.400. The van der Waals surface area contributed by atoms with Gasteiger partial charge in [0.2, 0.25) is 0 Å². The highest BCUT2D eigenvalue weighted by Crippen LogP contribution is 2.13. The Bertz CT molecular complexity index is 276. The summed E-state index contributed by atoms with van der Waals surface area (Å²) in [4.78, 5) is 0. The monoisotopic (exact) mass is 180 g/mol. The summed E-state index contributed by atoms with van der Waals surface area (Å²) in [6, 6.07) is 3.73. The van der Waals surface area contributed by atoms with Crippen molar-refractivity contribution < 1.29 is 13.9 Å². The zero-order valence-electron chi connectivity index (χ0n) is 7.47. The fourth-order valence-electron chi connectivity index (χ4n) is 1.20. The van der Waals surface area contributed by atoms with Crippen LogP contribution in [-0.2, 0) is 9.47 Å². The molecule has 1 aliphatic heterocycles. The number of furan rings is 1. The van der Waals surface area contributed by atoms with Crippen LogP contribution in [0.2, 0.25) is 0 Å². The highest BCUT2D eigenvalue weighted by molar-refractivity contribution is 5.42. The van der Waals surface area contributed by atoms with Crippen LogP contribution < -0.4 is 0 Å². The number of ether oxygens (including phenoxy) is 2. The standard InChI is InChI=1S/C10H12O3/c1-8-7-12-10(13-8)5-4-9-3-2-6-11-9/h2-6,8,10H,7H2,1H3/b5-4+. The van der Waals surface area contributed by atoms with Crippen molar-refractivity contribution in [3.63, 3.8) is 0 Å². The summed E-state index contributed by atoms with van der Waals surface area (Å²) in [7, 11) is 0. The number of rotatable bonds is 2. The van der Waals surface area contributed by atoms with Crippen LogP contribution in [-0.4, -0.2) is 19.0 Å². The molecule has 3 heteroatoms. The summed E-state index contributed by atoms with van der Waals surface area (Å²) in [5.41, 5.74) is 0. The maximum atomic E-state index is 5.41. The van der Waals surface area contributed by atoms with E-state index >= 15 is 0 Å². The highest BCUT2D eigenvalue weighted by Gasteiger charge is 2.19. The molecule has 1 saturated heterocycles. The van der Waals surface area contributed by atoms with E-state index < -0.39 is 0 Å². The molecule has 2 unspecified atom stereocenters. The van der Waals surface area contributed by atoms with Crippen molar-refractivity contribution in [2.45, 2.75) is 19.3 Å². The molecule has 2 rings (SSSR count). The minimum absolute atomic E-state index is 0.186. The van der Waals surface area contributed by atoms with Gasteiger partial charge >= 0.3 is 0 Å². The van der Waals surface area contributed by atoms with Crippen molar-refractivity contribution in [3.05, 3.63) is 30.2 Å². The number of hydrogen-bond acceptors (Lipinski definition) is 3. The first-order valence-electron chi connectivity index (χ1n) is 4.33. The average molecular weight is 180 g/mol. The van der Waals surface area contributed by atoms with E-state index in [2.05, 4.69) is 0 Å². The van der Waals surface area contributed by atoms with Crippen LogP contribution in [0.1, 0.15) is 12.7 Å². The maximum absolute atomic E-state index is 5.41. The second-order valence-electron chi connectivity index (χ2n) is 3.02. The summed E-state index contributed by atoms with van der Waals surface area (Å²) >= 11 is 0. The van der Waals surface area contributed by atoms with E-state index in [9.17, 15) is 0 Å². The Morgan fingerprint density at radius 3 is 3.08 bits per heavy atom. The Morgan fingerprint density at radius 1 is 1.54 bits per heavy atom. The molecule has 0 aromatic carbocycles. The third-order valence-electron chi connectivity index (χ3n) is 1.82. The molecule has 13 heavy (non-hydrogen) atoms. The predicted octanol–water partition coefficient (Wildman–Crippen LogP) is 2.05. The number of hydrogen-bond donors (Lipinski definition) is 0. The van der Waals surface area contributed by atoms with E-state index in [1.807, 2.05) is 31.2 Å². The van der Waals surface area contributed by atoms with Crippen LogP contribution in [0, 0.1) is 0 Å². The molecule has 0 bridgehead atoms. The highest BCUT2D eigenvalue weighted by atomic mass is 16.7. The van der Waals surface area contributed by atoms with Gasteiger partial charge in [-0.3, -0.25) is 0 Å². The molecular formula is C10H12O3. The van der Waals surface area contributed by atoms with E-state index in [1.165, 1.54) is 0 Å². The molecule has 2 atom stereocenters. The molecule has 2 heterocycles. The molecule has 0 amide bonds. The van der Waals surface area contributed by atoms with Crippen molar-refractivity contribution >= 4 is 6.08 Å². The van der Waals surface area contributed by atoms with Gasteiger partial charge in [-0.05, 0) is 31.2 Å². The van der Waals surface area contributed by atoms with Gasteiger partial charge in [-0.2, -0.15) is 0 Å². The Balaban J connectivity index is 1.91. The van der Waals surface area contributed by atoms with Crippen LogP contribution >= 0.6 is 0 Å².